The zero-order chi connectivity index (χ0) is 17.9. The van der Waals surface area contributed by atoms with E-state index >= 15 is 0 Å². The molecule has 0 radical (unpaired) electrons. The molecule has 0 saturated carbocycles. The molecule has 9 heteroatoms. The first kappa shape index (κ1) is 18.5. The Morgan fingerprint density at radius 3 is 2.42 bits per heavy atom. The first-order valence-corrected chi connectivity index (χ1v) is 9.26. The third-order valence-corrected chi connectivity index (χ3v) is 4.75. The van der Waals surface area contributed by atoms with Crippen molar-refractivity contribution in [2.45, 2.75) is 0 Å². The quantitative estimate of drug-likeness (QED) is 0.848. The maximum atomic E-state index is 13.1. The largest absolute Gasteiger partial charge is 0.324 e. The highest BCUT2D eigenvalue weighted by Gasteiger charge is 2.22. The Hall–Kier alpha value is -1.83. The highest BCUT2D eigenvalue weighted by molar-refractivity contribution is 7.92. The number of para-hydroxylation sites is 1. The van der Waals surface area contributed by atoms with Crippen LogP contribution in [0.5, 0.6) is 0 Å². The van der Waals surface area contributed by atoms with Crippen LogP contribution in [0.4, 0.5) is 15.8 Å². The number of sulfonamides is 1. The Labute approximate surface area is 149 Å². The fourth-order valence-corrected chi connectivity index (χ4v) is 3.28. The van der Waals surface area contributed by atoms with Crippen molar-refractivity contribution in [2.24, 2.45) is 0 Å². The van der Waals surface area contributed by atoms with Gasteiger partial charge in [-0.3, -0.25) is 9.10 Å². The van der Waals surface area contributed by atoms with E-state index in [1.807, 2.05) is 0 Å². The summed E-state index contributed by atoms with van der Waals surface area (Å²) in [7, 11) is -3.74. The first-order valence-electron chi connectivity index (χ1n) is 6.65. The fraction of sp³-hybridized carbons (Fsp3) is 0.133. The zero-order valence-electron chi connectivity index (χ0n) is 12.5. The van der Waals surface area contributed by atoms with Crippen molar-refractivity contribution in [3.8, 4) is 0 Å². The molecule has 0 heterocycles. The lowest BCUT2D eigenvalue weighted by Gasteiger charge is -2.22. The molecule has 128 valence electrons. The molecule has 0 atom stereocenters. The van der Waals surface area contributed by atoms with Crippen LogP contribution in [0.2, 0.25) is 10.0 Å². The van der Waals surface area contributed by atoms with E-state index in [1.165, 1.54) is 24.3 Å². The van der Waals surface area contributed by atoms with E-state index in [-0.39, 0.29) is 21.4 Å². The van der Waals surface area contributed by atoms with Crippen LogP contribution in [0.25, 0.3) is 0 Å². The van der Waals surface area contributed by atoms with E-state index in [2.05, 4.69) is 5.32 Å². The number of nitrogens with one attached hydrogen (secondary N) is 1. The number of halogens is 3. The lowest BCUT2D eigenvalue weighted by Crippen LogP contribution is -2.37. The minimum Gasteiger partial charge on any atom is -0.324 e. The van der Waals surface area contributed by atoms with E-state index < -0.39 is 28.3 Å². The molecule has 2 rings (SSSR count). The van der Waals surface area contributed by atoms with E-state index in [0.717, 1.165) is 16.6 Å². The number of hydrogen-bond acceptors (Lipinski definition) is 3. The summed E-state index contributed by atoms with van der Waals surface area (Å²) >= 11 is 11.7. The molecule has 2 aromatic rings. The number of carbonyl (C=O) groups is 1. The topological polar surface area (TPSA) is 66.5 Å². The molecule has 0 fully saturated rings. The Balaban J connectivity index is 2.22. The van der Waals surface area contributed by atoms with Crippen molar-refractivity contribution in [2.75, 3.05) is 22.4 Å². The SMILES string of the molecule is CS(=O)(=O)N(CC(=O)Nc1ccc(F)c(Cl)c1)c1ccccc1Cl. The molecule has 1 amide bonds. The molecule has 0 bridgehead atoms. The van der Waals surface area contributed by atoms with Crippen LogP contribution >= 0.6 is 23.2 Å². The molecule has 0 spiro atoms. The monoisotopic (exact) mass is 390 g/mol. The molecular formula is C15H13Cl2FN2O3S. The van der Waals surface area contributed by atoms with E-state index in [4.69, 9.17) is 23.2 Å². The van der Waals surface area contributed by atoms with Gasteiger partial charge >= 0.3 is 0 Å². The third kappa shape index (κ3) is 4.59. The highest BCUT2D eigenvalue weighted by Crippen LogP contribution is 2.27. The molecular weight excluding hydrogens is 378 g/mol. The summed E-state index contributed by atoms with van der Waals surface area (Å²) < 4.78 is 38.0. The van der Waals surface area contributed by atoms with Crippen molar-refractivity contribution >= 4 is 50.5 Å². The first-order chi connectivity index (χ1) is 11.2. The van der Waals surface area contributed by atoms with Crippen LogP contribution in [-0.4, -0.2) is 27.1 Å². The molecule has 5 nitrogen and oxygen atoms in total. The minimum absolute atomic E-state index is 0.154. The Bertz CT molecular complexity index is 875. The van der Waals surface area contributed by atoms with Crippen molar-refractivity contribution < 1.29 is 17.6 Å². The molecule has 2 aromatic carbocycles. The van der Waals surface area contributed by atoms with E-state index in [1.54, 1.807) is 12.1 Å². The summed E-state index contributed by atoms with van der Waals surface area (Å²) in [6.07, 6.45) is 0.971. The van der Waals surface area contributed by atoms with E-state index in [0.29, 0.717) is 0 Å². The van der Waals surface area contributed by atoms with Crippen molar-refractivity contribution in [1.29, 1.82) is 0 Å². The van der Waals surface area contributed by atoms with Gasteiger partial charge in [0, 0.05) is 5.69 Å². The predicted octanol–water partition coefficient (Wildman–Crippen LogP) is 3.54. The Morgan fingerprint density at radius 2 is 1.83 bits per heavy atom. The van der Waals surface area contributed by atoms with Gasteiger partial charge in [-0.15, -0.1) is 0 Å². The summed E-state index contributed by atoms with van der Waals surface area (Å²) in [6, 6.07) is 9.91. The standard InChI is InChI=1S/C15H13Cl2FN2O3S/c1-24(22,23)20(14-5-3-2-4-11(14)16)9-15(21)19-10-6-7-13(18)12(17)8-10/h2-8H,9H2,1H3,(H,19,21). The Morgan fingerprint density at radius 1 is 1.17 bits per heavy atom. The third-order valence-electron chi connectivity index (χ3n) is 3.01. The van der Waals surface area contributed by atoms with Crippen LogP contribution in [-0.2, 0) is 14.8 Å². The summed E-state index contributed by atoms with van der Waals surface area (Å²) in [5, 5.41) is 2.50. The van der Waals surface area contributed by atoms with E-state index in [9.17, 15) is 17.6 Å². The average Bonchev–Trinajstić information content (AvgIpc) is 2.48. The maximum Gasteiger partial charge on any atom is 0.245 e. The van der Waals surface area contributed by atoms with Crippen LogP contribution < -0.4 is 9.62 Å². The molecule has 0 aliphatic carbocycles. The van der Waals surface area contributed by atoms with Gasteiger partial charge in [0.25, 0.3) is 0 Å². The van der Waals surface area contributed by atoms with Crippen molar-refractivity contribution in [3.63, 3.8) is 0 Å². The van der Waals surface area contributed by atoms with Gasteiger partial charge in [0.05, 0.1) is 22.0 Å². The Kier molecular flexibility index (Phi) is 5.69. The minimum atomic E-state index is -3.74. The van der Waals surface area contributed by atoms with Crippen LogP contribution in [0.1, 0.15) is 0 Å². The maximum absolute atomic E-state index is 13.1. The second-order valence-electron chi connectivity index (χ2n) is 4.90. The number of anilines is 2. The molecule has 0 aliphatic rings. The van der Waals surface area contributed by atoms with Gasteiger partial charge in [-0.1, -0.05) is 35.3 Å². The van der Waals surface area contributed by atoms with Gasteiger partial charge in [-0.05, 0) is 30.3 Å². The van der Waals surface area contributed by atoms with Gasteiger partial charge in [0.1, 0.15) is 12.4 Å². The number of carbonyl (C=O) groups excluding carboxylic acids is 1. The summed E-state index contributed by atoms with van der Waals surface area (Å²) in [4.78, 5) is 12.2. The summed E-state index contributed by atoms with van der Waals surface area (Å²) in [5.41, 5.74) is 0.438. The van der Waals surface area contributed by atoms with Gasteiger partial charge in [-0.2, -0.15) is 0 Å². The lowest BCUT2D eigenvalue weighted by atomic mass is 10.3. The fourth-order valence-electron chi connectivity index (χ4n) is 1.94. The number of hydrogen-bond donors (Lipinski definition) is 1. The molecule has 0 saturated heterocycles. The second-order valence-corrected chi connectivity index (χ2v) is 7.62. The number of rotatable bonds is 5. The van der Waals surface area contributed by atoms with Crippen molar-refractivity contribution in [1.82, 2.24) is 0 Å². The van der Waals surface area contributed by atoms with Crippen LogP contribution in [0.3, 0.4) is 0 Å². The smallest absolute Gasteiger partial charge is 0.245 e. The molecule has 1 N–H and O–H groups in total. The van der Waals surface area contributed by atoms with Crippen LogP contribution in [0, 0.1) is 5.82 Å². The van der Waals surface area contributed by atoms with Gasteiger partial charge < -0.3 is 5.32 Å². The second kappa shape index (κ2) is 7.38. The number of amides is 1. The summed E-state index contributed by atoms with van der Waals surface area (Å²) in [6.45, 7) is -0.489. The zero-order valence-corrected chi connectivity index (χ0v) is 14.8. The van der Waals surface area contributed by atoms with Gasteiger partial charge in [0.2, 0.25) is 15.9 Å². The number of benzene rings is 2. The number of nitrogens with zero attached hydrogens (tertiary/aromatic N) is 1. The molecule has 0 aromatic heterocycles. The summed E-state index contributed by atoms with van der Waals surface area (Å²) in [5.74, 6) is -1.24. The highest BCUT2D eigenvalue weighted by atomic mass is 35.5. The normalized spacial score (nSPS) is 11.2. The van der Waals surface area contributed by atoms with Gasteiger partial charge in [0.15, 0.2) is 0 Å². The predicted molar refractivity (Wildman–Crippen MR) is 93.7 cm³/mol. The average molecular weight is 391 g/mol. The molecule has 24 heavy (non-hydrogen) atoms. The lowest BCUT2D eigenvalue weighted by molar-refractivity contribution is -0.114. The molecule has 0 aliphatic heterocycles. The van der Waals surface area contributed by atoms with Gasteiger partial charge in [-0.25, -0.2) is 12.8 Å². The van der Waals surface area contributed by atoms with Crippen molar-refractivity contribution in [3.05, 3.63) is 58.3 Å². The van der Waals surface area contributed by atoms with Crippen LogP contribution in [0.15, 0.2) is 42.5 Å². The molecule has 0 unspecified atom stereocenters.